The topological polar surface area (TPSA) is 49.6 Å². The first-order valence-electron chi connectivity index (χ1n) is 8.04. The average Bonchev–Trinajstić information content (AvgIpc) is 3.26. The number of carbonyl (C=O) groups excluding carboxylic acids is 1. The van der Waals surface area contributed by atoms with E-state index in [1.165, 1.54) is 32.1 Å². The third kappa shape index (κ3) is 3.11. The lowest BCUT2D eigenvalue weighted by atomic mass is 9.93. The lowest BCUT2D eigenvalue weighted by molar-refractivity contribution is -0.138. The van der Waals surface area contributed by atoms with E-state index in [0.29, 0.717) is 5.91 Å². The summed E-state index contributed by atoms with van der Waals surface area (Å²) in [5, 5.41) is 0. The smallest absolute Gasteiger partial charge is 0.227 e. The van der Waals surface area contributed by atoms with Gasteiger partial charge in [0.25, 0.3) is 0 Å². The predicted molar refractivity (Wildman–Crippen MR) is 75.7 cm³/mol. The van der Waals surface area contributed by atoms with Crippen molar-refractivity contribution in [2.45, 2.75) is 57.0 Å². The van der Waals surface area contributed by atoms with Crippen LogP contribution in [0.5, 0.6) is 0 Å². The summed E-state index contributed by atoms with van der Waals surface area (Å²) in [6, 6.07) is 0.925. The molecule has 0 spiro atoms. The minimum atomic E-state index is 0.0926. The Morgan fingerprint density at radius 3 is 2.26 bits per heavy atom. The highest BCUT2D eigenvalue weighted by Gasteiger charge is 2.35. The number of hydrogen-bond donors (Lipinski definition) is 1. The molecule has 1 amide bonds. The van der Waals surface area contributed by atoms with Crippen molar-refractivity contribution >= 4 is 5.91 Å². The van der Waals surface area contributed by atoms with E-state index >= 15 is 0 Å². The fourth-order valence-electron chi connectivity index (χ4n) is 3.62. The first-order valence-corrected chi connectivity index (χ1v) is 8.04. The van der Waals surface area contributed by atoms with Gasteiger partial charge in [0.2, 0.25) is 5.91 Å². The number of rotatable bonds is 2. The number of nitrogens with two attached hydrogens (primary N) is 1. The summed E-state index contributed by atoms with van der Waals surface area (Å²) in [6.07, 6.45) is 8.36. The van der Waals surface area contributed by atoms with Gasteiger partial charge in [0, 0.05) is 38.3 Å². The van der Waals surface area contributed by atoms with Gasteiger partial charge >= 0.3 is 0 Å². The van der Waals surface area contributed by atoms with Crippen molar-refractivity contribution in [1.82, 2.24) is 9.80 Å². The molecule has 2 unspecified atom stereocenters. The van der Waals surface area contributed by atoms with E-state index in [1.54, 1.807) is 0 Å². The van der Waals surface area contributed by atoms with Crippen LogP contribution in [-0.2, 0) is 4.79 Å². The van der Waals surface area contributed by atoms with E-state index in [4.69, 9.17) is 5.73 Å². The van der Waals surface area contributed by atoms with E-state index in [9.17, 15) is 4.79 Å². The van der Waals surface area contributed by atoms with Crippen LogP contribution in [0, 0.1) is 5.92 Å². The summed E-state index contributed by atoms with van der Waals surface area (Å²) >= 11 is 0. The third-order valence-electron chi connectivity index (χ3n) is 5.08. The molecule has 0 aromatic carbocycles. The zero-order chi connectivity index (χ0) is 13.2. The Balaban J connectivity index is 1.54. The molecule has 0 bridgehead atoms. The number of hydrogen-bond acceptors (Lipinski definition) is 3. The molecule has 2 aliphatic carbocycles. The van der Waals surface area contributed by atoms with Crippen molar-refractivity contribution in [2.24, 2.45) is 11.7 Å². The zero-order valence-corrected chi connectivity index (χ0v) is 11.9. The van der Waals surface area contributed by atoms with Crippen LogP contribution < -0.4 is 5.73 Å². The van der Waals surface area contributed by atoms with Crippen LogP contribution >= 0.6 is 0 Å². The largest absolute Gasteiger partial charge is 0.340 e. The Labute approximate surface area is 116 Å². The molecule has 2 N–H and O–H groups in total. The van der Waals surface area contributed by atoms with Crippen LogP contribution in [0.2, 0.25) is 0 Å². The van der Waals surface area contributed by atoms with Crippen LogP contribution in [0.3, 0.4) is 0 Å². The fourth-order valence-corrected chi connectivity index (χ4v) is 3.62. The summed E-state index contributed by atoms with van der Waals surface area (Å²) in [6.45, 7) is 3.97. The quantitative estimate of drug-likeness (QED) is 0.763. The van der Waals surface area contributed by atoms with Gasteiger partial charge in [-0.15, -0.1) is 0 Å². The molecule has 108 valence electrons. The molecule has 4 heteroatoms. The summed E-state index contributed by atoms with van der Waals surface area (Å²) in [5.41, 5.74) is 6.21. The van der Waals surface area contributed by atoms with Crippen LogP contribution in [0.25, 0.3) is 0 Å². The van der Waals surface area contributed by atoms with Gasteiger partial charge in [-0.2, -0.15) is 0 Å². The summed E-state index contributed by atoms with van der Waals surface area (Å²) in [5.74, 6) is 0.430. The Morgan fingerprint density at radius 1 is 0.895 bits per heavy atom. The Hall–Kier alpha value is -0.610. The van der Waals surface area contributed by atoms with Crippen LogP contribution in [0.4, 0.5) is 0 Å². The molecule has 1 saturated heterocycles. The van der Waals surface area contributed by atoms with Gasteiger partial charge in [0.15, 0.2) is 0 Å². The maximum absolute atomic E-state index is 12.6. The maximum atomic E-state index is 12.6. The first-order chi connectivity index (χ1) is 9.25. The highest BCUT2D eigenvalue weighted by atomic mass is 16.2. The Bertz CT molecular complexity index is 321. The van der Waals surface area contributed by atoms with Gasteiger partial charge < -0.3 is 10.6 Å². The van der Waals surface area contributed by atoms with E-state index in [2.05, 4.69) is 9.80 Å². The molecule has 19 heavy (non-hydrogen) atoms. The lowest BCUT2D eigenvalue weighted by Gasteiger charge is -2.37. The second-order valence-corrected chi connectivity index (χ2v) is 6.50. The number of piperazine rings is 1. The van der Waals surface area contributed by atoms with Gasteiger partial charge in [-0.25, -0.2) is 0 Å². The monoisotopic (exact) mass is 265 g/mol. The van der Waals surface area contributed by atoms with Crippen molar-refractivity contribution in [3.8, 4) is 0 Å². The SMILES string of the molecule is NC1CCCCCC1C(=O)N1CCN(C2CC2)CC1. The standard InChI is InChI=1S/C15H27N3O/c16-14-5-3-1-2-4-13(14)15(19)18-10-8-17(9-11-18)12-6-7-12/h12-14H,1-11,16H2. The molecule has 4 nitrogen and oxygen atoms in total. The summed E-state index contributed by atoms with van der Waals surface area (Å²) < 4.78 is 0. The predicted octanol–water partition coefficient (Wildman–Crippen LogP) is 1.20. The van der Waals surface area contributed by atoms with Crippen LogP contribution in [0.1, 0.15) is 44.9 Å². The van der Waals surface area contributed by atoms with Gasteiger partial charge in [0.05, 0.1) is 5.92 Å². The fraction of sp³-hybridized carbons (Fsp3) is 0.933. The minimum Gasteiger partial charge on any atom is -0.340 e. The molecule has 3 rings (SSSR count). The normalized spacial score (nSPS) is 34.1. The molecule has 3 aliphatic rings. The van der Waals surface area contributed by atoms with Gasteiger partial charge in [-0.05, 0) is 25.7 Å². The molecule has 0 radical (unpaired) electrons. The minimum absolute atomic E-state index is 0.0926. The molecule has 2 atom stereocenters. The maximum Gasteiger partial charge on any atom is 0.227 e. The van der Waals surface area contributed by atoms with E-state index in [0.717, 1.165) is 45.1 Å². The van der Waals surface area contributed by atoms with Crippen LogP contribution in [0.15, 0.2) is 0 Å². The molecule has 1 aliphatic heterocycles. The van der Waals surface area contributed by atoms with E-state index in [-0.39, 0.29) is 12.0 Å². The second kappa shape index (κ2) is 5.80. The van der Waals surface area contributed by atoms with Crippen molar-refractivity contribution < 1.29 is 4.79 Å². The molecule has 0 aromatic heterocycles. The van der Waals surface area contributed by atoms with E-state index in [1.807, 2.05) is 0 Å². The summed E-state index contributed by atoms with van der Waals surface area (Å²) in [4.78, 5) is 17.3. The highest BCUT2D eigenvalue weighted by molar-refractivity contribution is 5.79. The number of amides is 1. The lowest BCUT2D eigenvalue weighted by Crippen LogP contribution is -2.53. The average molecular weight is 265 g/mol. The Kier molecular flexibility index (Phi) is 4.08. The second-order valence-electron chi connectivity index (χ2n) is 6.50. The Morgan fingerprint density at radius 2 is 1.58 bits per heavy atom. The zero-order valence-electron chi connectivity index (χ0n) is 11.9. The van der Waals surface area contributed by atoms with Crippen molar-refractivity contribution in [2.75, 3.05) is 26.2 Å². The third-order valence-corrected chi connectivity index (χ3v) is 5.08. The number of nitrogens with zero attached hydrogens (tertiary/aromatic N) is 2. The van der Waals surface area contributed by atoms with Crippen LogP contribution in [-0.4, -0.2) is 54.0 Å². The van der Waals surface area contributed by atoms with Crippen molar-refractivity contribution in [1.29, 1.82) is 0 Å². The molecule has 2 saturated carbocycles. The molecular weight excluding hydrogens is 238 g/mol. The van der Waals surface area contributed by atoms with Gasteiger partial charge in [-0.1, -0.05) is 19.3 Å². The van der Waals surface area contributed by atoms with Crippen molar-refractivity contribution in [3.63, 3.8) is 0 Å². The molecule has 1 heterocycles. The van der Waals surface area contributed by atoms with Gasteiger partial charge in [0.1, 0.15) is 0 Å². The number of carbonyl (C=O) groups is 1. The molecule has 0 aromatic rings. The van der Waals surface area contributed by atoms with Crippen molar-refractivity contribution in [3.05, 3.63) is 0 Å². The first kappa shape index (κ1) is 13.4. The molecule has 3 fully saturated rings. The highest BCUT2D eigenvalue weighted by Crippen LogP contribution is 2.29. The van der Waals surface area contributed by atoms with E-state index < -0.39 is 0 Å². The molecular formula is C15H27N3O. The van der Waals surface area contributed by atoms with Gasteiger partial charge in [-0.3, -0.25) is 9.69 Å². The summed E-state index contributed by atoms with van der Waals surface area (Å²) in [7, 11) is 0.